The maximum atomic E-state index is 12.3. The molecule has 1 aromatic heterocycles. The molecule has 0 bridgehead atoms. The molecule has 0 aliphatic carbocycles. The number of aliphatic hydroxyl groups is 1. The first-order chi connectivity index (χ1) is 9.95. The summed E-state index contributed by atoms with van der Waals surface area (Å²) in [6, 6.07) is 4.72. The van der Waals surface area contributed by atoms with E-state index in [2.05, 4.69) is 5.10 Å². The molecule has 0 aliphatic rings. The molecule has 0 saturated carbocycles. The quantitative estimate of drug-likeness (QED) is 0.923. The van der Waals surface area contributed by atoms with Gasteiger partial charge in [-0.15, -0.1) is 0 Å². The third-order valence-electron chi connectivity index (χ3n) is 2.89. The lowest BCUT2D eigenvalue weighted by Gasteiger charge is -2.19. The van der Waals surface area contributed by atoms with E-state index in [9.17, 15) is 4.79 Å². The highest BCUT2D eigenvalue weighted by atomic mass is 35.5. The van der Waals surface area contributed by atoms with Gasteiger partial charge in [0.2, 0.25) is 0 Å². The van der Waals surface area contributed by atoms with Crippen LogP contribution in [-0.2, 0) is 0 Å². The van der Waals surface area contributed by atoms with Gasteiger partial charge in [-0.3, -0.25) is 4.79 Å². The van der Waals surface area contributed by atoms with Crippen molar-refractivity contribution in [3.63, 3.8) is 0 Å². The number of hydrogen-bond donors (Lipinski definition) is 1. The summed E-state index contributed by atoms with van der Waals surface area (Å²) in [6.07, 6.45) is 1.45. The highest BCUT2D eigenvalue weighted by Gasteiger charge is 2.15. The van der Waals surface area contributed by atoms with Gasteiger partial charge in [0.25, 0.3) is 5.56 Å². The first-order valence-corrected chi connectivity index (χ1v) is 7.14. The predicted molar refractivity (Wildman–Crippen MR) is 85.2 cm³/mol. The lowest BCUT2D eigenvalue weighted by Crippen LogP contribution is -2.28. The number of hydrogen-bond acceptors (Lipinski definition) is 4. The highest BCUT2D eigenvalue weighted by molar-refractivity contribution is 6.36. The first kappa shape index (κ1) is 16.1. The molecule has 8 heteroatoms. The summed E-state index contributed by atoms with van der Waals surface area (Å²) in [5.74, 6) is 0. The summed E-state index contributed by atoms with van der Waals surface area (Å²) < 4.78 is 1.11. The van der Waals surface area contributed by atoms with E-state index in [1.807, 2.05) is 0 Å². The number of anilines is 1. The summed E-state index contributed by atoms with van der Waals surface area (Å²) in [5, 5.41) is 13.8. The molecule has 0 amide bonds. The van der Waals surface area contributed by atoms with E-state index in [0.717, 1.165) is 4.68 Å². The van der Waals surface area contributed by atoms with Gasteiger partial charge >= 0.3 is 0 Å². The highest BCUT2D eigenvalue weighted by Crippen LogP contribution is 2.25. The molecule has 0 saturated heterocycles. The van der Waals surface area contributed by atoms with Gasteiger partial charge in [0.1, 0.15) is 5.02 Å². The predicted octanol–water partition coefficient (Wildman–Crippen LogP) is 2.62. The van der Waals surface area contributed by atoms with E-state index >= 15 is 0 Å². The van der Waals surface area contributed by atoms with Crippen molar-refractivity contribution in [3.8, 4) is 5.69 Å². The van der Waals surface area contributed by atoms with Crippen LogP contribution in [-0.4, -0.2) is 35.1 Å². The molecule has 112 valence electrons. The van der Waals surface area contributed by atoms with Gasteiger partial charge < -0.3 is 10.0 Å². The molecule has 1 aromatic carbocycles. The van der Waals surface area contributed by atoms with Crippen molar-refractivity contribution in [2.24, 2.45) is 0 Å². The van der Waals surface area contributed by atoms with Gasteiger partial charge in [0, 0.05) is 18.6 Å². The molecule has 0 radical (unpaired) electrons. The molecule has 0 atom stereocenters. The molecule has 1 heterocycles. The fraction of sp³-hybridized carbons (Fsp3) is 0.231. The van der Waals surface area contributed by atoms with E-state index in [4.69, 9.17) is 39.9 Å². The molecular weight excluding hydrogens is 337 g/mol. The SMILES string of the molecule is CN(CCO)c1cnn(-c2ccc(Cl)cc2Cl)c(=O)c1Cl. The van der Waals surface area contributed by atoms with Gasteiger partial charge in [-0.25, -0.2) is 0 Å². The third-order valence-corrected chi connectivity index (χ3v) is 3.78. The van der Waals surface area contributed by atoms with E-state index in [1.165, 1.54) is 12.3 Å². The number of aromatic nitrogens is 2. The zero-order valence-corrected chi connectivity index (χ0v) is 13.3. The van der Waals surface area contributed by atoms with Crippen molar-refractivity contribution in [3.05, 3.63) is 49.8 Å². The zero-order chi connectivity index (χ0) is 15.6. The average molecular weight is 349 g/mol. The lowest BCUT2D eigenvalue weighted by molar-refractivity contribution is 0.304. The van der Waals surface area contributed by atoms with Crippen molar-refractivity contribution < 1.29 is 5.11 Å². The number of halogens is 3. The van der Waals surface area contributed by atoms with E-state index in [0.29, 0.717) is 28.0 Å². The van der Waals surface area contributed by atoms with Crippen LogP contribution in [0, 0.1) is 0 Å². The minimum absolute atomic E-state index is 0.00645. The molecule has 21 heavy (non-hydrogen) atoms. The van der Waals surface area contributed by atoms with Crippen LogP contribution in [0.3, 0.4) is 0 Å². The minimum atomic E-state index is -0.497. The third kappa shape index (κ3) is 3.32. The monoisotopic (exact) mass is 347 g/mol. The van der Waals surface area contributed by atoms with Crippen LogP contribution in [0.25, 0.3) is 5.69 Å². The second-order valence-corrected chi connectivity index (χ2v) is 5.52. The smallest absolute Gasteiger partial charge is 0.292 e. The van der Waals surface area contributed by atoms with Gasteiger partial charge in [-0.1, -0.05) is 34.8 Å². The van der Waals surface area contributed by atoms with Crippen LogP contribution in [0.5, 0.6) is 0 Å². The number of likely N-dealkylation sites (N-methyl/N-ethyl adjacent to an activating group) is 1. The van der Waals surface area contributed by atoms with E-state index in [1.54, 1.807) is 24.1 Å². The maximum Gasteiger partial charge on any atom is 0.292 e. The maximum absolute atomic E-state index is 12.3. The van der Waals surface area contributed by atoms with Crippen LogP contribution < -0.4 is 10.5 Å². The molecule has 2 aromatic rings. The van der Waals surface area contributed by atoms with Crippen LogP contribution in [0.4, 0.5) is 5.69 Å². The van der Waals surface area contributed by atoms with E-state index < -0.39 is 5.56 Å². The van der Waals surface area contributed by atoms with Crippen molar-refractivity contribution in [2.75, 3.05) is 25.1 Å². The number of aliphatic hydroxyl groups excluding tert-OH is 1. The van der Waals surface area contributed by atoms with E-state index in [-0.39, 0.29) is 11.6 Å². The Labute approximate surface area is 136 Å². The molecule has 2 rings (SSSR count). The van der Waals surface area contributed by atoms with Crippen LogP contribution >= 0.6 is 34.8 Å². The summed E-state index contributed by atoms with van der Waals surface area (Å²) in [6.45, 7) is 0.283. The lowest BCUT2D eigenvalue weighted by atomic mass is 10.3. The Morgan fingerprint density at radius 1 is 1.33 bits per heavy atom. The molecule has 0 spiro atoms. The minimum Gasteiger partial charge on any atom is -0.395 e. The molecule has 0 fully saturated rings. The number of benzene rings is 1. The molecule has 5 nitrogen and oxygen atoms in total. The second-order valence-electron chi connectivity index (χ2n) is 4.30. The van der Waals surface area contributed by atoms with Crippen LogP contribution in [0.2, 0.25) is 15.1 Å². The van der Waals surface area contributed by atoms with Crippen molar-refractivity contribution >= 4 is 40.5 Å². The largest absolute Gasteiger partial charge is 0.395 e. The molecular formula is C13H12Cl3N3O2. The summed E-state index contributed by atoms with van der Waals surface area (Å²) >= 11 is 18.0. The van der Waals surface area contributed by atoms with Crippen molar-refractivity contribution in [2.45, 2.75) is 0 Å². The van der Waals surface area contributed by atoms with Gasteiger partial charge in [0.15, 0.2) is 0 Å². The zero-order valence-electron chi connectivity index (χ0n) is 11.1. The molecule has 0 aliphatic heterocycles. The normalized spacial score (nSPS) is 10.7. The van der Waals surface area contributed by atoms with Gasteiger partial charge in [0.05, 0.1) is 29.2 Å². The first-order valence-electron chi connectivity index (χ1n) is 6.01. The Balaban J connectivity index is 2.53. The van der Waals surface area contributed by atoms with Gasteiger partial charge in [-0.2, -0.15) is 9.78 Å². The number of rotatable bonds is 4. The fourth-order valence-electron chi connectivity index (χ4n) is 1.79. The average Bonchev–Trinajstić information content (AvgIpc) is 2.43. The Hall–Kier alpha value is -1.27. The van der Waals surface area contributed by atoms with Crippen molar-refractivity contribution in [1.82, 2.24) is 9.78 Å². The van der Waals surface area contributed by atoms with Gasteiger partial charge in [-0.05, 0) is 18.2 Å². The van der Waals surface area contributed by atoms with Crippen LogP contribution in [0.1, 0.15) is 0 Å². The summed E-state index contributed by atoms with van der Waals surface area (Å²) in [7, 11) is 1.71. The standard InChI is InChI=1S/C13H12Cl3N3O2/c1-18(4-5-20)11-7-17-19(13(21)12(11)16)10-3-2-8(14)6-9(10)15/h2-3,6-7,20H,4-5H2,1H3. The van der Waals surface area contributed by atoms with Crippen LogP contribution in [0.15, 0.2) is 29.2 Å². The number of nitrogens with zero attached hydrogens (tertiary/aromatic N) is 3. The Morgan fingerprint density at radius 2 is 2.05 bits per heavy atom. The Morgan fingerprint density at radius 3 is 2.67 bits per heavy atom. The second kappa shape index (κ2) is 6.66. The van der Waals surface area contributed by atoms with Crippen molar-refractivity contribution in [1.29, 1.82) is 0 Å². The molecule has 1 N–H and O–H groups in total. The Bertz CT molecular complexity index is 718. The topological polar surface area (TPSA) is 58.4 Å². The fourth-order valence-corrected chi connectivity index (χ4v) is 2.55. The summed E-state index contributed by atoms with van der Waals surface area (Å²) in [4.78, 5) is 14.0. The molecule has 0 unspecified atom stereocenters. The Kier molecular flexibility index (Phi) is 5.11. The summed E-state index contributed by atoms with van der Waals surface area (Å²) in [5.41, 5.74) is 0.338.